The van der Waals surface area contributed by atoms with E-state index in [2.05, 4.69) is 20.8 Å². The van der Waals surface area contributed by atoms with Crippen LogP contribution in [0.3, 0.4) is 0 Å². The van der Waals surface area contributed by atoms with Gasteiger partial charge in [-0.05, 0) is 25.2 Å². The van der Waals surface area contributed by atoms with E-state index in [1.54, 1.807) is 4.90 Å². The number of hydrogen-bond acceptors (Lipinski definition) is 3. The molecule has 2 amide bonds. The summed E-state index contributed by atoms with van der Waals surface area (Å²) >= 11 is 0. The molecule has 2 fully saturated rings. The number of likely N-dealkylation sites (tertiary alicyclic amines) is 1. The summed E-state index contributed by atoms with van der Waals surface area (Å²) in [6.07, 6.45) is 0.230. The highest BCUT2D eigenvalue weighted by Crippen LogP contribution is 2.28. The molecule has 0 aromatic rings. The Morgan fingerprint density at radius 1 is 1.20 bits per heavy atom. The van der Waals surface area contributed by atoms with Gasteiger partial charge in [0, 0.05) is 19.1 Å². The van der Waals surface area contributed by atoms with Crippen LogP contribution in [-0.2, 0) is 9.53 Å². The summed E-state index contributed by atoms with van der Waals surface area (Å²) in [7, 11) is 0. The molecule has 0 radical (unpaired) electrons. The van der Waals surface area contributed by atoms with Crippen LogP contribution in [0.4, 0.5) is 4.79 Å². The number of piperidine rings is 1. The van der Waals surface area contributed by atoms with E-state index in [4.69, 9.17) is 9.84 Å². The molecule has 1 N–H and O–H groups in total. The van der Waals surface area contributed by atoms with E-state index >= 15 is 0 Å². The molecule has 2 aliphatic rings. The van der Waals surface area contributed by atoms with E-state index in [1.807, 2.05) is 4.90 Å². The SMILES string of the molecule is CC1CC(C)C(C)N(C(=O)N2CCOC(C(=O)O)C2)C1. The van der Waals surface area contributed by atoms with Crippen molar-refractivity contribution in [1.29, 1.82) is 0 Å². The molecular weight excluding hydrogens is 260 g/mol. The van der Waals surface area contributed by atoms with Crippen molar-refractivity contribution in [1.82, 2.24) is 9.80 Å². The fourth-order valence-electron chi connectivity index (χ4n) is 3.12. The molecule has 2 rings (SSSR count). The molecule has 2 heterocycles. The number of carbonyl (C=O) groups excluding carboxylic acids is 1. The van der Waals surface area contributed by atoms with Gasteiger partial charge < -0.3 is 19.6 Å². The summed E-state index contributed by atoms with van der Waals surface area (Å²) in [5, 5.41) is 9.01. The lowest BCUT2D eigenvalue weighted by Gasteiger charge is -2.44. The smallest absolute Gasteiger partial charge is 0.334 e. The second-order valence-electron chi connectivity index (χ2n) is 6.14. The first kappa shape index (κ1) is 15.1. The maximum absolute atomic E-state index is 12.6. The lowest BCUT2D eigenvalue weighted by atomic mass is 9.86. The Morgan fingerprint density at radius 3 is 2.55 bits per heavy atom. The zero-order valence-corrected chi connectivity index (χ0v) is 12.4. The maximum atomic E-state index is 12.6. The molecule has 0 aliphatic carbocycles. The molecule has 0 aromatic carbocycles. The standard InChI is InChI=1S/C14H24N2O4/c1-9-6-10(2)11(3)16(7-9)14(19)15-4-5-20-12(8-15)13(17)18/h9-12H,4-8H2,1-3H3,(H,17,18). The number of amides is 2. The van der Waals surface area contributed by atoms with Gasteiger partial charge in [0.1, 0.15) is 0 Å². The van der Waals surface area contributed by atoms with Crippen molar-refractivity contribution in [3.63, 3.8) is 0 Å². The first-order valence-corrected chi connectivity index (χ1v) is 7.30. The quantitative estimate of drug-likeness (QED) is 0.787. The molecule has 4 unspecified atom stereocenters. The Balaban J connectivity index is 2.04. The lowest BCUT2D eigenvalue weighted by molar-refractivity contribution is -0.154. The number of morpholine rings is 1. The number of carbonyl (C=O) groups is 2. The number of carboxylic acids is 1. The number of aliphatic carboxylic acids is 1. The molecule has 6 heteroatoms. The first-order chi connectivity index (χ1) is 9.40. The highest BCUT2D eigenvalue weighted by molar-refractivity contribution is 5.78. The van der Waals surface area contributed by atoms with Gasteiger partial charge in [0.15, 0.2) is 6.10 Å². The van der Waals surface area contributed by atoms with Crippen molar-refractivity contribution in [2.24, 2.45) is 11.8 Å². The van der Waals surface area contributed by atoms with Crippen molar-refractivity contribution in [2.75, 3.05) is 26.2 Å². The van der Waals surface area contributed by atoms with Gasteiger partial charge in [-0.2, -0.15) is 0 Å². The summed E-state index contributed by atoms with van der Waals surface area (Å²) < 4.78 is 5.16. The van der Waals surface area contributed by atoms with Crippen LogP contribution in [0.25, 0.3) is 0 Å². The average Bonchev–Trinajstić information content (AvgIpc) is 2.42. The highest BCUT2D eigenvalue weighted by atomic mass is 16.5. The Labute approximate surface area is 119 Å². The number of carboxylic acid groups (broad SMARTS) is 1. The predicted octanol–water partition coefficient (Wildman–Crippen LogP) is 1.26. The maximum Gasteiger partial charge on any atom is 0.334 e. The van der Waals surface area contributed by atoms with Crippen LogP contribution in [0.2, 0.25) is 0 Å². The molecule has 0 aromatic heterocycles. The number of ether oxygens (including phenoxy) is 1. The predicted molar refractivity (Wildman–Crippen MR) is 73.5 cm³/mol. The second-order valence-corrected chi connectivity index (χ2v) is 6.14. The molecule has 6 nitrogen and oxygen atoms in total. The van der Waals surface area contributed by atoms with E-state index in [0.29, 0.717) is 18.4 Å². The van der Waals surface area contributed by atoms with Crippen LogP contribution in [0.15, 0.2) is 0 Å². The van der Waals surface area contributed by atoms with Crippen molar-refractivity contribution >= 4 is 12.0 Å². The van der Waals surface area contributed by atoms with Crippen LogP contribution in [-0.4, -0.2) is 65.3 Å². The third kappa shape index (κ3) is 3.06. The largest absolute Gasteiger partial charge is 0.479 e. The molecule has 114 valence electrons. The van der Waals surface area contributed by atoms with Gasteiger partial charge >= 0.3 is 12.0 Å². The second kappa shape index (κ2) is 5.99. The summed E-state index contributed by atoms with van der Waals surface area (Å²) in [5.74, 6) is -0.0450. The van der Waals surface area contributed by atoms with Gasteiger partial charge in [-0.1, -0.05) is 13.8 Å². The minimum atomic E-state index is -1.00. The normalized spacial score (nSPS) is 35.0. The molecule has 4 atom stereocenters. The van der Waals surface area contributed by atoms with Crippen LogP contribution >= 0.6 is 0 Å². The van der Waals surface area contributed by atoms with Gasteiger partial charge in [-0.3, -0.25) is 0 Å². The summed E-state index contributed by atoms with van der Waals surface area (Å²) in [6.45, 7) is 8.04. The monoisotopic (exact) mass is 284 g/mol. The zero-order chi connectivity index (χ0) is 14.9. The number of hydrogen-bond donors (Lipinski definition) is 1. The molecule has 2 saturated heterocycles. The highest BCUT2D eigenvalue weighted by Gasteiger charge is 2.37. The van der Waals surface area contributed by atoms with E-state index in [9.17, 15) is 9.59 Å². The fraction of sp³-hybridized carbons (Fsp3) is 0.857. The first-order valence-electron chi connectivity index (χ1n) is 7.30. The molecule has 20 heavy (non-hydrogen) atoms. The minimum Gasteiger partial charge on any atom is -0.479 e. The molecule has 0 saturated carbocycles. The van der Waals surface area contributed by atoms with E-state index in [0.717, 1.165) is 13.0 Å². The minimum absolute atomic E-state index is 0.0505. The number of rotatable bonds is 1. The lowest BCUT2D eigenvalue weighted by Crippen LogP contribution is -2.57. The Morgan fingerprint density at radius 2 is 1.90 bits per heavy atom. The third-order valence-electron chi connectivity index (χ3n) is 4.46. The molecule has 2 aliphatic heterocycles. The van der Waals surface area contributed by atoms with Crippen LogP contribution in [0.5, 0.6) is 0 Å². The van der Waals surface area contributed by atoms with Crippen molar-refractivity contribution in [2.45, 2.75) is 39.3 Å². The summed E-state index contributed by atoms with van der Waals surface area (Å²) in [5.41, 5.74) is 0. The zero-order valence-electron chi connectivity index (χ0n) is 12.4. The van der Waals surface area contributed by atoms with Crippen LogP contribution in [0, 0.1) is 11.8 Å². The van der Waals surface area contributed by atoms with Crippen LogP contribution in [0.1, 0.15) is 27.2 Å². The van der Waals surface area contributed by atoms with E-state index in [1.165, 1.54) is 0 Å². The topological polar surface area (TPSA) is 70.1 Å². The Hall–Kier alpha value is -1.30. The van der Waals surface area contributed by atoms with Crippen molar-refractivity contribution in [3.8, 4) is 0 Å². The Kier molecular flexibility index (Phi) is 4.52. The van der Waals surface area contributed by atoms with E-state index < -0.39 is 12.1 Å². The van der Waals surface area contributed by atoms with Gasteiger partial charge in [0.2, 0.25) is 0 Å². The third-order valence-corrected chi connectivity index (χ3v) is 4.46. The van der Waals surface area contributed by atoms with Gasteiger partial charge in [-0.15, -0.1) is 0 Å². The molecule has 0 spiro atoms. The van der Waals surface area contributed by atoms with E-state index in [-0.39, 0.29) is 25.2 Å². The van der Waals surface area contributed by atoms with Gasteiger partial charge in [-0.25, -0.2) is 9.59 Å². The Bertz CT molecular complexity index is 387. The summed E-state index contributed by atoms with van der Waals surface area (Å²) in [4.78, 5) is 27.1. The fourth-order valence-corrected chi connectivity index (χ4v) is 3.12. The van der Waals surface area contributed by atoms with Crippen molar-refractivity contribution < 1.29 is 19.4 Å². The van der Waals surface area contributed by atoms with Gasteiger partial charge in [0.25, 0.3) is 0 Å². The summed E-state index contributed by atoms with van der Waals surface area (Å²) in [6, 6.07) is 0.148. The molecular formula is C14H24N2O4. The number of nitrogens with zero attached hydrogens (tertiary/aromatic N) is 2. The van der Waals surface area contributed by atoms with Crippen LogP contribution < -0.4 is 0 Å². The average molecular weight is 284 g/mol. The molecule has 0 bridgehead atoms. The number of urea groups is 1. The van der Waals surface area contributed by atoms with Gasteiger partial charge in [0.05, 0.1) is 13.2 Å². The van der Waals surface area contributed by atoms with Crippen molar-refractivity contribution in [3.05, 3.63) is 0 Å².